The Balaban J connectivity index is 1.41. The maximum absolute atomic E-state index is 13.4. The lowest BCUT2D eigenvalue weighted by molar-refractivity contribution is -0.123. The van der Waals surface area contributed by atoms with Crippen LogP contribution >= 0.6 is 11.8 Å². The summed E-state index contributed by atoms with van der Waals surface area (Å²) in [5.41, 5.74) is 3.27. The standard InChI is InChI=1S/C25H22N2O2S/c28-24-16-22(26-15-14-18-8-4-5-9-19(18)17-26)25(29)27(24)21-12-6-7-13-23(21)30-20-10-2-1-3-11-20/h1-13,22H,14-17H2. The van der Waals surface area contributed by atoms with Gasteiger partial charge < -0.3 is 0 Å². The number of hydrogen-bond donors (Lipinski definition) is 0. The third-order valence-electron chi connectivity index (χ3n) is 5.80. The van der Waals surface area contributed by atoms with E-state index in [0.717, 1.165) is 22.8 Å². The molecular formula is C25H22N2O2S. The Labute approximate surface area is 180 Å². The number of carbonyl (C=O) groups is 2. The maximum atomic E-state index is 13.4. The van der Waals surface area contributed by atoms with Gasteiger partial charge in [0.25, 0.3) is 5.91 Å². The van der Waals surface area contributed by atoms with Crippen molar-refractivity contribution in [2.24, 2.45) is 0 Å². The van der Waals surface area contributed by atoms with E-state index in [1.807, 2.05) is 60.7 Å². The van der Waals surface area contributed by atoms with E-state index in [9.17, 15) is 9.59 Å². The minimum absolute atomic E-state index is 0.111. The Hall–Kier alpha value is -2.89. The molecule has 0 aromatic heterocycles. The predicted octanol–water partition coefficient (Wildman–Crippen LogP) is 4.53. The predicted molar refractivity (Wildman–Crippen MR) is 118 cm³/mol. The summed E-state index contributed by atoms with van der Waals surface area (Å²) in [6.07, 6.45) is 1.15. The van der Waals surface area contributed by atoms with E-state index < -0.39 is 0 Å². The fraction of sp³-hybridized carbons (Fsp3) is 0.200. The minimum Gasteiger partial charge on any atom is -0.287 e. The fourth-order valence-electron chi connectivity index (χ4n) is 4.28. The monoisotopic (exact) mass is 414 g/mol. The third-order valence-corrected chi connectivity index (χ3v) is 6.87. The van der Waals surface area contributed by atoms with Crippen LogP contribution in [0.2, 0.25) is 0 Å². The fourth-order valence-corrected chi connectivity index (χ4v) is 5.24. The van der Waals surface area contributed by atoms with Gasteiger partial charge in [0.1, 0.15) is 0 Å². The van der Waals surface area contributed by atoms with Gasteiger partial charge in [0.2, 0.25) is 5.91 Å². The summed E-state index contributed by atoms with van der Waals surface area (Å²) in [4.78, 5) is 31.9. The van der Waals surface area contributed by atoms with Crippen molar-refractivity contribution >= 4 is 29.3 Å². The molecule has 3 aromatic rings. The lowest BCUT2D eigenvalue weighted by Gasteiger charge is -2.32. The highest BCUT2D eigenvalue weighted by Gasteiger charge is 2.44. The Bertz CT molecular complexity index is 1100. The van der Waals surface area contributed by atoms with Gasteiger partial charge in [0.05, 0.1) is 18.2 Å². The second-order valence-corrected chi connectivity index (χ2v) is 8.77. The van der Waals surface area contributed by atoms with Gasteiger partial charge in [-0.15, -0.1) is 0 Å². The van der Waals surface area contributed by atoms with E-state index in [1.165, 1.54) is 16.0 Å². The number of imide groups is 1. The molecule has 2 heterocycles. The van der Waals surface area contributed by atoms with Crippen molar-refractivity contribution in [1.82, 2.24) is 4.90 Å². The van der Waals surface area contributed by atoms with Crippen molar-refractivity contribution in [2.45, 2.75) is 35.2 Å². The molecule has 2 amide bonds. The lowest BCUT2D eigenvalue weighted by Crippen LogP contribution is -2.44. The molecule has 2 aliphatic rings. The van der Waals surface area contributed by atoms with E-state index in [2.05, 4.69) is 23.1 Å². The van der Waals surface area contributed by atoms with Gasteiger partial charge in [-0.1, -0.05) is 66.4 Å². The first-order valence-electron chi connectivity index (χ1n) is 10.2. The summed E-state index contributed by atoms with van der Waals surface area (Å²) >= 11 is 1.57. The molecule has 0 N–H and O–H groups in total. The normalized spacial score (nSPS) is 19.2. The van der Waals surface area contributed by atoms with Crippen LogP contribution in [-0.2, 0) is 22.6 Å². The second kappa shape index (κ2) is 8.09. The maximum Gasteiger partial charge on any atom is 0.251 e. The highest BCUT2D eigenvalue weighted by atomic mass is 32.2. The first-order chi connectivity index (χ1) is 14.7. The number of fused-ring (bicyclic) bond motifs is 1. The molecule has 1 atom stereocenters. The van der Waals surface area contributed by atoms with Gasteiger partial charge in [-0.05, 0) is 41.8 Å². The Kier molecular flexibility index (Phi) is 5.15. The number of anilines is 1. The topological polar surface area (TPSA) is 40.6 Å². The zero-order chi connectivity index (χ0) is 20.5. The number of hydrogen-bond acceptors (Lipinski definition) is 4. The quantitative estimate of drug-likeness (QED) is 0.588. The first-order valence-corrected chi connectivity index (χ1v) is 11.0. The van der Waals surface area contributed by atoms with Crippen molar-refractivity contribution in [3.8, 4) is 0 Å². The molecule has 2 aliphatic heterocycles. The molecule has 0 aliphatic carbocycles. The summed E-state index contributed by atoms with van der Waals surface area (Å²) in [7, 11) is 0. The van der Waals surface area contributed by atoms with Gasteiger partial charge in [0.15, 0.2) is 0 Å². The summed E-state index contributed by atoms with van der Waals surface area (Å²) in [5, 5.41) is 0. The molecule has 0 radical (unpaired) electrons. The van der Waals surface area contributed by atoms with E-state index in [-0.39, 0.29) is 24.3 Å². The van der Waals surface area contributed by atoms with E-state index in [0.29, 0.717) is 12.2 Å². The van der Waals surface area contributed by atoms with Crippen LogP contribution in [-0.4, -0.2) is 29.3 Å². The number of benzene rings is 3. The number of para-hydroxylation sites is 1. The zero-order valence-corrected chi connectivity index (χ0v) is 17.3. The summed E-state index contributed by atoms with van der Waals surface area (Å²) in [6.45, 7) is 1.52. The average molecular weight is 415 g/mol. The molecule has 3 aromatic carbocycles. The molecule has 0 spiro atoms. The molecule has 1 saturated heterocycles. The Morgan fingerprint density at radius 2 is 1.50 bits per heavy atom. The van der Waals surface area contributed by atoms with Crippen molar-refractivity contribution < 1.29 is 9.59 Å². The van der Waals surface area contributed by atoms with Gasteiger partial charge in [-0.25, -0.2) is 4.90 Å². The highest BCUT2D eigenvalue weighted by molar-refractivity contribution is 7.99. The molecule has 0 bridgehead atoms. The zero-order valence-electron chi connectivity index (χ0n) is 16.5. The van der Waals surface area contributed by atoms with Crippen LogP contribution in [0.4, 0.5) is 5.69 Å². The molecular weight excluding hydrogens is 392 g/mol. The van der Waals surface area contributed by atoms with E-state index in [1.54, 1.807) is 11.8 Å². The SMILES string of the molecule is O=C1CC(N2CCc3ccccc3C2)C(=O)N1c1ccccc1Sc1ccccc1. The highest BCUT2D eigenvalue weighted by Crippen LogP contribution is 2.38. The van der Waals surface area contributed by atoms with Crippen molar-refractivity contribution in [3.63, 3.8) is 0 Å². The number of amides is 2. The molecule has 0 saturated carbocycles. The number of carbonyl (C=O) groups excluding carboxylic acids is 2. The molecule has 30 heavy (non-hydrogen) atoms. The van der Waals surface area contributed by atoms with Crippen LogP contribution in [0.3, 0.4) is 0 Å². The largest absolute Gasteiger partial charge is 0.287 e. The first kappa shape index (κ1) is 19.1. The minimum atomic E-state index is -0.388. The summed E-state index contributed by atoms with van der Waals surface area (Å²) < 4.78 is 0. The second-order valence-electron chi connectivity index (χ2n) is 7.66. The van der Waals surface area contributed by atoms with Gasteiger partial charge in [-0.3, -0.25) is 14.5 Å². The van der Waals surface area contributed by atoms with Crippen molar-refractivity contribution in [3.05, 3.63) is 90.0 Å². The molecule has 5 heteroatoms. The Morgan fingerprint density at radius 1 is 0.800 bits per heavy atom. The number of nitrogens with zero attached hydrogens (tertiary/aromatic N) is 2. The number of rotatable bonds is 4. The van der Waals surface area contributed by atoms with Gasteiger partial charge in [0, 0.05) is 22.9 Å². The van der Waals surface area contributed by atoms with Crippen LogP contribution in [0, 0.1) is 0 Å². The average Bonchev–Trinajstić information content (AvgIpc) is 3.08. The van der Waals surface area contributed by atoms with Crippen LogP contribution in [0.5, 0.6) is 0 Å². The van der Waals surface area contributed by atoms with Gasteiger partial charge >= 0.3 is 0 Å². The van der Waals surface area contributed by atoms with Crippen LogP contribution in [0.25, 0.3) is 0 Å². The Morgan fingerprint density at radius 3 is 2.33 bits per heavy atom. The van der Waals surface area contributed by atoms with Crippen LogP contribution < -0.4 is 4.90 Å². The molecule has 5 rings (SSSR count). The lowest BCUT2D eigenvalue weighted by atomic mass is 9.98. The smallest absolute Gasteiger partial charge is 0.251 e. The van der Waals surface area contributed by atoms with Gasteiger partial charge in [-0.2, -0.15) is 0 Å². The van der Waals surface area contributed by atoms with Crippen LogP contribution in [0.1, 0.15) is 17.5 Å². The van der Waals surface area contributed by atoms with E-state index >= 15 is 0 Å². The van der Waals surface area contributed by atoms with Crippen molar-refractivity contribution in [2.75, 3.05) is 11.4 Å². The molecule has 1 unspecified atom stereocenters. The summed E-state index contributed by atoms with van der Waals surface area (Å²) in [5.74, 6) is -0.231. The van der Waals surface area contributed by atoms with Crippen molar-refractivity contribution in [1.29, 1.82) is 0 Å². The van der Waals surface area contributed by atoms with E-state index in [4.69, 9.17) is 0 Å². The molecule has 4 nitrogen and oxygen atoms in total. The third kappa shape index (κ3) is 3.55. The molecule has 150 valence electrons. The molecule has 1 fully saturated rings. The summed E-state index contributed by atoms with van der Waals surface area (Å²) in [6, 6.07) is 25.7. The van der Waals surface area contributed by atoms with Crippen LogP contribution in [0.15, 0.2) is 88.7 Å².